The second-order valence-electron chi connectivity index (χ2n) is 5.92. The van der Waals surface area contributed by atoms with Crippen molar-refractivity contribution < 1.29 is 0 Å². The summed E-state index contributed by atoms with van der Waals surface area (Å²) in [5.74, 6) is 0. The van der Waals surface area contributed by atoms with Gasteiger partial charge in [-0.2, -0.15) is 5.10 Å². The summed E-state index contributed by atoms with van der Waals surface area (Å²) in [6, 6.07) is 20.5. The lowest BCUT2D eigenvalue weighted by molar-refractivity contribution is 1.10. The summed E-state index contributed by atoms with van der Waals surface area (Å²) in [5.41, 5.74) is 8.25. The maximum atomic E-state index is 4.65. The van der Waals surface area contributed by atoms with Gasteiger partial charge in [0.05, 0.1) is 11.9 Å². The number of hydrogen-bond acceptors (Lipinski definition) is 3. The first kappa shape index (κ1) is 13.9. The minimum absolute atomic E-state index is 0.820. The molecule has 0 amide bonds. The molecule has 0 unspecified atom stereocenters. The Morgan fingerprint density at radius 3 is 2.48 bits per heavy atom. The average Bonchev–Trinajstić information content (AvgIpc) is 3.27. The Kier molecular flexibility index (Phi) is 3.07. The highest BCUT2D eigenvalue weighted by molar-refractivity contribution is 5.94. The van der Waals surface area contributed by atoms with Gasteiger partial charge in [0.2, 0.25) is 0 Å². The third kappa shape index (κ3) is 2.19. The number of benzene rings is 1. The Balaban J connectivity index is 1.74. The van der Waals surface area contributed by atoms with Crippen LogP contribution in [-0.4, -0.2) is 20.2 Å². The molecule has 4 nitrogen and oxygen atoms in total. The second-order valence-corrected chi connectivity index (χ2v) is 5.92. The minimum atomic E-state index is 0.820. The molecule has 3 aliphatic heterocycles. The van der Waals surface area contributed by atoms with E-state index in [2.05, 4.69) is 38.4 Å². The van der Waals surface area contributed by atoms with Crippen LogP contribution in [0.15, 0.2) is 79.3 Å². The van der Waals surface area contributed by atoms with Crippen LogP contribution in [0.2, 0.25) is 0 Å². The van der Waals surface area contributed by atoms with E-state index in [0.29, 0.717) is 0 Å². The van der Waals surface area contributed by atoms with Gasteiger partial charge in [-0.3, -0.25) is 4.98 Å². The lowest BCUT2D eigenvalue weighted by atomic mass is 9.97. The number of nitrogens with zero attached hydrogens (tertiary/aromatic N) is 3. The van der Waals surface area contributed by atoms with Crippen LogP contribution in [0.5, 0.6) is 0 Å². The third-order valence-corrected chi connectivity index (χ3v) is 4.49. The van der Waals surface area contributed by atoms with Crippen molar-refractivity contribution in [1.29, 1.82) is 0 Å². The van der Waals surface area contributed by atoms with Crippen LogP contribution in [0.3, 0.4) is 0 Å². The molecular formula is C21H14N4. The molecule has 1 N–H and O–H groups in total. The van der Waals surface area contributed by atoms with Gasteiger partial charge in [0.25, 0.3) is 0 Å². The predicted molar refractivity (Wildman–Crippen MR) is 98.3 cm³/mol. The lowest BCUT2D eigenvalue weighted by Crippen LogP contribution is -1.86. The zero-order valence-electron chi connectivity index (χ0n) is 13.3. The van der Waals surface area contributed by atoms with Crippen LogP contribution in [0, 0.1) is 0 Å². The molecular weight excluding hydrogens is 308 g/mol. The van der Waals surface area contributed by atoms with Gasteiger partial charge >= 0.3 is 0 Å². The van der Waals surface area contributed by atoms with E-state index in [0.717, 1.165) is 39.3 Å². The highest BCUT2D eigenvalue weighted by Crippen LogP contribution is 2.40. The van der Waals surface area contributed by atoms with E-state index < -0.39 is 0 Å². The van der Waals surface area contributed by atoms with Gasteiger partial charge in [-0.05, 0) is 29.3 Å². The van der Waals surface area contributed by atoms with E-state index in [1.165, 1.54) is 5.56 Å². The van der Waals surface area contributed by atoms with Gasteiger partial charge in [0.1, 0.15) is 5.69 Å². The van der Waals surface area contributed by atoms with Gasteiger partial charge in [-0.15, -0.1) is 5.10 Å². The Bertz CT molecular complexity index is 1100. The van der Waals surface area contributed by atoms with E-state index >= 15 is 0 Å². The molecule has 0 fully saturated rings. The fourth-order valence-corrected chi connectivity index (χ4v) is 3.32. The van der Waals surface area contributed by atoms with Crippen molar-refractivity contribution >= 4 is 0 Å². The lowest BCUT2D eigenvalue weighted by Gasteiger charge is -2.06. The summed E-state index contributed by atoms with van der Waals surface area (Å²) < 4.78 is 0. The van der Waals surface area contributed by atoms with Crippen molar-refractivity contribution in [3.63, 3.8) is 0 Å². The number of nitrogens with one attached hydrogen (secondary N) is 1. The first-order valence-electron chi connectivity index (χ1n) is 8.14. The molecule has 0 aromatic heterocycles. The number of rotatable bonds is 2. The van der Waals surface area contributed by atoms with Crippen LogP contribution >= 0.6 is 0 Å². The van der Waals surface area contributed by atoms with Crippen molar-refractivity contribution in [3.8, 4) is 44.9 Å². The van der Waals surface area contributed by atoms with E-state index in [9.17, 15) is 0 Å². The van der Waals surface area contributed by atoms with Gasteiger partial charge in [-0.25, -0.2) is 0 Å². The van der Waals surface area contributed by atoms with E-state index in [-0.39, 0.29) is 0 Å². The highest BCUT2D eigenvalue weighted by Gasteiger charge is 2.20. The largest absolute Gasteiger partial charge is 0.361 e. The van der Waals surface area contributed by atoms with Crippen molar-refractivity contribution in [2.24, 2.45) is 0 Å². The summed E-state index contributed by atoms with van der Waals surface area (Å²) in [5, 5.41) is 8.53. The summed E-state index contributed by atoms with van der Waals surface area (Å²) >= 11 is 0. The van der Waals surface area contributed by atoms with Gasteiger partial charge in [-0.1, -0.05) is 42.5 Å². The zero-order valence-corrected chi connectivity index (χ0v) is 13.3. The smallest absolute Gasteiger partial charge is 0.121 e. The molecule has 118 valence electrons. The number of aromatic nitrogens is 4. The van der Waals surface area contributed by atoms with Gasteiger partial charge in [0.15, 0.2) is 0 Å². The van der Waals surface area contributed by atoms with Crippen molar-refractivity contribution in [2.45, 2.75) is 0 Å². The Morgan fingerprint density at radius 2 is 1.56 bits per heavy atom. The van der Waals surface area contributed by atoms with Crippen LogP contribution in [0.1, 0.15) is 0 Å². The molecule has 0 saturated heterocycles. The number of pyridine rings is 1. The van der Waals surface area contributed by atoms with Crippen molar-refractivity contribution in [2.75, 3.05) is 0 Å². The first-order valence-corrected chi connectivity index (χ1v) is 8.14. The summed E-state index contributed by atoms with van der Waals surface area (Å²) in [6.45, 7) is 0. The first-order chi connectivity index (χ1) is 12.4. The SMILES string of the molecule is c1ccc(-c2nccc(-c3ccc4[nH]cccc3-4)c3cnnc2-3)cc1. The zero-order chi connectivity index (χ0) is 16.6. The van der Waals surface area contributed by atoms with Crippen LogP contribution in [0.4, 0.5) is 0 Å². The monoisotopic (exact) mass is 322 g/mol. The molecule has 4 aliphatic rings. The van der Waals surface area contributed by atoms with E-state index in [4.69, 9.17) is 0 Å². The Morgan fingerprint density at radius 1 is 0.680 bits per heavy atom. The quantitative estimate of drug-likeness (QED) is 0.510. The van der Waals surface area contributed by atoms with Gasteiger partial charge in [0, 0.05) is 34.8 Å². The highest BCUT2D eigenvalue weighted by atomic mass is 15.1. The second kappa shape index (κ2) is 5.53. The van der Waals surface area contributed by atoms with Crippen molar-refractivity contribution in [3.05, 3.63) is 79.3 Å². The molecule has 25 heavy (non-hydrogen) atoms. The van der Waals surface area contributed by atoms with Gasteiger partial charge < -0.3 is 4.98 Å². The number of fused-ring (bicyclic) bond motifs is 2. The maximum Gasteiger partial charge on any atom is 0.121 e. The average molecular weight is 322 g/mol. The topological polar surface area (TPSA) is 54.5 Å². The summed E-state index contributed by atoms with van der Waals surface area (Å²) in [7, 11) is 0. The fraction of sp³-hybridized carbons (Fsp3) is 0. The van der Waals surface area contributed by atoms with Crippen LogP contribution < -0.4 is 0 Å². The molecule has 1 aliphatic carbocycles. The fourth-order valence-electron chi connectivity index (χ4n) is 3.32. The molecule has 5 rings (SSSR count). The third-order valence-electron chi connectivity index (χ3n) is 4.49. The summed E-state index contributed by atoms with van der Waals surface area (Å²) in [4.78, 5) is 7.93. The standard InChI is InChI=1S/C21H14N4/c1-2-5-14(6-3-1)20-21-18(13-24-25-21)16(10-12-23-20)15-8-9-19-17(15)7-4-11-22-19/h1-13,22H. The molecule has 1 aromatic carbocycles. The van der Waals surface area contributed by atoms with E-state index in [1.54, 1.807) is 0 Å². The number of H-pyrrole nitrogens is 1. The molecule has 0 atom stereocenters. The van der Waals surface area contributed by atoms with E-state index in [1.807, 2.05) is 61.1 Å². The van der Waals surface area contributed by atoms with Crippen molar-refractivity contribution in [1.82, 2.24) is 20.2 Å². The molecule has 0 saturated carbocycles. The van der Waals surface area contributed by atoms with Crippen LogP contribution in [-0.2, 0) is 0 Å². The number of hydrogen-bond donors (Lipinski definition) is 1. The molecule has 0 spiro atoms. The number of aromatic amines is 1. The minimum Gasteiger partial charge on any atom is -0.361 e. The maximum absolute atomic E-state index is 4.65. The molecule has 0 radical (unpaired) electrons. The normalized spacial score (nSPS) is 11.2. The summed E-state index contributed by atoms with van der Waals surface area (Å²) in [6.07, 6.45) is 5.61. The Labute approximate surface area is 144 Å². The molecule has 3 heterocycles. The molecule has 4 heteroatoms. The van der Waals surface area contributed by atoms with Crippen LogP contribution in [0.25, 0.3) is 44.9 Å². The predicted octanol–water partition coefficient (Wildman–Crippen LogP) is 4.74. The Hall–Kier alpha value is -3.53. The molecule has 1 aromatic rings. The molecule has 0 bridgehead atoms.